The molecule has 26 heavy (non-hydrogen) atoms. The molecule has 0 radical (unpaired) electrons. The summed E-state index contributed by atoms with van der Waals surface area (Å²) >= 11 is 1.42. The van der Waals surface area contributed by atoms with Gasteiger partial charge in [-0.2, -0.15) is 8.42 Å². The van der Waals surface area contributed by atoms with Crippen LogP contribution in [0.15, 0.2) is 41.8 Å². The van der Waals surface area contributed by atoms with E-state index in [0.717, 1.165) is 12.0 Å². The van der Waals surface area contributed by atoms with Crippen molar-refractivity contribution in [3.8, 4) is 5.75 Å². The van der Waals surface area contributed by atoms with Crippen LogP contribution in [0, 0.1) is 0 Å². The van der Waals surface area contributed by atoms with E-state index in [2.05, 4.69) is 0 Å². The van der Waals surface area contributed by atoms with Crippen LogP contribution >= 0.6 is 11.3 Å². The first-order valence-electron chi connectivity index (χ1n) is 8.61. The van der Waals surface area contributed by atoms with Gasteiger partial charge in [0.1, 0.15) is 5.75 Å². The Bertz CT molecular complexity index is 829. The first-order valence-corrected chi connectivity index (χ1v) is 11.0. The summed E-state index contributed by atoms with van der Waals surface area (Å²) < 4.78 is 29.1. The van der Waals surface area contributed by atoms with Gasteiger partial charge in [0.05, 0.1) is 10.1 Å². The first-order chi connectivity index (χ1) is 12.2. The molecular weight excluding hydrogens is 370 g/mol. The molecule has 0 saturated heterocycles. The Morgan fingerprint density at radius 2 is 1.92 bits per heavy atom. The second-order valence-corrected chi connectivity index (χ2v) is 9.48. The molecule has 1 aromatic carbocycles. The van der Waals surface area contributed by atoms with E-state index in [0.29, 0.717) is 11.4 Å². The molecule has 0 spiro atoms. The van der Waals surface area contributed by atoms with Crippen LogP contribution in [-0.2, 0) is 16.7 Å². The third kappa shape index (κ3) is 5.08. The molecule has 0 aliphatic heterocycles. The Kier molecular flexibility index (Phi) is 6.83. The smallest absolute Gasteiger partial charge is 0.311 e. The van der Waals surface area contributed by atoms with Gasteiger partial charge >= 0.3 is 10.1 Å². The van der Waals surface area contributed by atoms with Crippen molar-refractivity contribution in [2.75, 3.05) is 0 Å². The lowest BCUT2D eigenvalue weighted by molar-refractivity contribution is 0.0676. The number of benzene rings is 1. The van der Waals surface area contributed by atoms with E-state index in [1.54, 1.807) is 32.0 Å². The molecule has 0 saturated carbocycles. The number of amides is 1. The number of carbonyl (C=O) groups is 1. The van der Waals surface area contributed by atoms with E-state index in [-0.39, 0.29) is 17.7 Å². The molecule has 2 rings (SSSR count). The zero-order valence-electron chi connectivity index (χ0n) is 15.5. The second kappa shape index (κ2) is 8.68. The Labute approximate surface area is 159 Å². The number of carbonyl (C=O) groups excluding carboxylic acids is 1. The van der Waals surface area contributed by atoms with E-state index in [4.69, 9.17) is 4.18 Å². The van der Waals surface area contributed by atoms with Crippen molar-refractivity contribution in [3.05, 3.63) is 52.2 Å². The zero-order valence-corrected chi connectivity index (χ0v) is 17.1. The van der Waals surface area contributed by atoms with Gasteiger partial charge in [0.2, 0.25) is 0 Å². The van der Waals surface area contributed by atoms with Crippen LogP contribution in [0.25, 0.3) is 0 Å². The van der Waals surface area contributed by atoms with Gasteiger partial charge in [0.25, 0.3) is 5.91 Å². The number of nitrogens with zero attached hydrogens (tertiary/aromatic N) is 1. The summed E-state index contributed by atoms with van der Waals surface area (Å²) in [5.41, 5.74) is 0.826. The zero-order chi connectivity index (χ0) is 19.3. The van der Waals surface area contributed by atoms with Crippen LogP contribution in [0.4, 0.5) is 0 Å². The molecule has 0 bridgehead atoms. The molecule has 1 atom stereocenters. The predicted molar refractivity (Wildman–Crippen MR) is 105 cm³/mol. The fraction of sp³-hybridized carbons (Fsp3) is 0.421. The highest BCUT2D eigenvalue weighted by atomic mass is 32.2. The summed E-state index contributed by atoms with van der Waals surface area (Å²) in [5.74, 6) is 0.249. The average Bonchev–Trinajstić information content (AvgIpc) is 3.13. The topological polar surface area (TPSA) is 63.7 Å². The fourth-order valence-corrected chi connectivity index (χ4v) is 3.56. The predicted octanol–water partition coefficient (Wildman–Crippen LogP) is 4.31. The molecule has 0 aliphatic carbocycles. The monoisotopic (exact) mass is 395 g/mol. The average molecular weight is 396 g/mol. The maximum absolute atomic E-state index is 12.8. The highest BCUT2D eigenvalue weighted by molar-refractivity contribution is 7.87. The van der Waals surface area contributed by atoms with Gasteiger partial charge in [-0.25, -0.2) is 0 Å². The maximum Gasteiger partial charge on any atom is 0.311 e. The van der Waals surface area contributed by atoms with Crippen LogP contribution in [0.5, 0.6) is 5.75 Å². The van der Waals surface area contributed by atoms with Crippen molar-refractivity contribution in [1.82, 2.24) is 4.90 Å². The summed E-state index contributed by atoms with van der Waals surface area (Å²) in [5, 5.41) is 1.26. The van der Waals surface area contributed by atoms with Crippen molar-refractivity contribution in [3.63, 3.8) is 0 Å². The van der Waals surface area contributed by atoms with Gasteiger partial charge in [0, 0.05) is 12.6 Å². The molecule has 1 aromatic heterocycles. The molecule has 1 heterocycles. The number of hydrogen-bond donors (Lipinski definition) is 0. The molecule has 5 nitrogen and oxygen atoms in total. The van der Waals surface area contributed by atoms with Crippen molar-refractivity contribution in [1.29, 1.82) is 0 Å². The lowest BCUT2D eigenvalue weighted by Gasteiger charge is -2.28. The normalized spacial score (nSPS) is 12.8. The van der Waals surface area contributed by atoms with Gasteiger partial charge in [-0.1, -0.05) is 25.1 Å². The number of thiophene rings is 1. The Hall–Kier alpha value is -1.86. The Morgan fingerprint density at radius 1 is 1.19 bits per heavy atom. The third-order valence-electron chi connectivity index (χ3n) is 4.16. The van der Waals surface area contributed by atoms with Gasteiger partial charge in [-0.05, 0) is 56.3 Å². The molecule has 1 unspecified atom stereocenters. The van der Waals surface area contributed by atoms with Gasteiger partial charge in [-0.3, -0.25) is 4.79 Å². The largest absolute Gasteiger partial charge is 0.382 e. The van der Waals surface area contributed by atoms with Crippen LogP contribution < -0.4 is 4.18 Å². The SMILES string of the molecule is CCC(C)N(Cc1cccc(OS(=O)(=O)C(C)C)c1)C(=O)c1cccs1. The van der Waals surface area contributed by atoms with Gasteiger partial charge in [0.15, 0.2) is 0 Å². The molecule has 0 fully saturated rings. The summed E-state index contributed by atoms with van der Waals surface area (Å²) in [4.78, 5) is 15.3. The lowest BCUT2D eigenvalue weighted by Crippen LogP contribution is -2.37. The fourth-order valence-electron chi connectivity index (χ4n) is 2.31. The van der Waals surface area contributed by atoms with Crippen molar-refractivity contribution in [2.45, 2.75) is 52.0 Å². The first kappa shape index (κ1) is 20.5. The summed E-state index contributed by atoms with van der Waals surface area (Å²) in [6.07, 6.45) is 0.828. The molecule has 0 N–H and O–H groups in total. The lowest BCUT2D eigenvalue weighted by atomic mass is 10.1. The van der Waals surface area contributed by atoms with Crippen LogP contribution in [0.2, 0.25) is 0 Å². The van der Waals surface area contributed by atoms with Crippen molar-refractivity contribution >= 4 is 27.4 Å². The molecule has 142 valence electrons. The van der Waals surface area contributed by atoms with Gasteiger partial charge < -0.3 is 9.08 Å². The Balaban J connectivity index is 2.23. The van der Waals surface area contributed by atoms with Gasteiger partial charge in [-0.15, -0.1) is 11.3 Å². The summed E-state index contributed by atoms with van der Waals surface area (Å²) in [6, 6.07) is 10.6. The minimum atomic E-state index is -3.65. The van der Waals surface area contributed by atoms with Crippen molar-refractivity contribution in [2.24, 2.45) is 0 Å². The number of rotatable bonds is 8. The standard InChI is InChI=1S/C19H25NO4S2/c1-5-15(4)20(19(21)18-10-7-11-25-18)13-16-8-6-9-17(12-16)24-26(22,23)14(2)3/h6-12,14-15H,5,13H2,1-4H3. The van der Waals surface area contributed by atoms with E-state index >= 15 is 0 Å². The van der Waals surface area contributed by atoms with E-state index in [1.165, 1.54) is 11.3 Å². The highest BCUT2D eigenvalue weighted by Gasteiger charge is 2.22. The quantitative estimate of drug-likeness (QED) is 0.625. The maximum atomic E-state index is 12.8. The van der Waals surface area contributed by atoms with E-state index in [9.17, 15) is 13.2 Å². The van der Waals surface area contributed by atoms with Crippen LogP contribution in [0.3, 0.4) is 0 Å². The van der Waals surface area contributed by atoms with E-state index < -0.39 is 15.4 Å². The molecule has 2 aromatic rings. The van der Waals surface area contributed by atoms with Crippen LogP contribution in [-0.4, -0.2) is 30.5 Å². The molecule has 0 aliphatic rings. The summed E-state index contributed by atoms with van der Waals surface area (Å²) in [7, 11) is -3.65. The highest BCUT2D eigenvalue weighted by Crippen LogP contribution is 2.22. The second-order valence-electron chi connectivity index (χ2n) is 6.44. The van der Waals surface area contributed by atoms with Crippen molar-refractivity contribution < 1.29 is 17.4 Å². The Morgan fingerprint density at radius 3 is 2.50 bits per heavy atom. The molecule has 1 amide bonds. The number of hydrogen-bond acceptors (Lipinski definition) is 5. The van der Waals surface area contributed by atoms with Crippen LogP contribution in [0.1, 0.15) is 49.4 Å². The van der Waals surface area contributed by atoms with E-state index in [1.807, 2.05) is 42.3 Å². The minimum Gasteiger partial charge on any atom is -0.382 e. The molecular formula is C19H25NO4S2. The minimum absolute atomic E-state index is 0.0181. The third-order valence-corrected chi connectivity index (χ3v) is 6.59. The summed E-state index contributed by atoms with van der Waals surface area (Å²) in [6.45, 7) is 7.58. The molecule has 7 heteroatoms.